The van der Waals surface area contributed by atoms with E-state index in [1.807, 2.05) is 0 Å². The molecule has 0 saturated carbocycles. The van der Waals surface area contributed by atoms with Gasteiger partial charge in [0.15, 0.2) is 5.41 Å². The van der Waals surface area contributed by atoms with Crippen LogP contribution in [0.2, 0.25) is 0 Å². The molecule has 0 radical (unpaired) electrons. The molecule has 0 atom stereocenters. The van der Waals surface area contributed by atoms with Crippen molar-refractivity contribution >= 4 is 27.9 Å². The van der Waals surface area contributed by atoms with E-state index < -0.39 is 17.4 Å². The molecule has 1 rings (SSSR count). The molecule has 0 aliphatic carbocycles. The number of rotatable bonds is 5. The molecular formula is C15H20BrNaO5. The van der Waals surface area contributed by atoms with E-state index in [1.165, 1.54) is 6.92 Å². The Morgan fingerprint density at radius 1 is 1.05 bits per heavy atom. The number of esters is 2. The van der Waals surface area contributed by atoms with Crippen LogP contribution in [0.3, 0.4) is 0 Å². The van der Waals surface area contributed by atoms with Gasteiger partial charge in [0.05, 0.1) is 13.2 Å². The fourth-order valence-corrected chi connectivity index (χ4v) is 1.92. The van der Waals surface area contributed by atoms with Gasteiger partial charge in [-0.1, -0.05) is 28.1 Å². The Labute approximate surface area is 161 Å². The second kappa shape index (κ2) is 12.1. The van der Waals surface area contributed by atoms with Gasteiger partial charge >= 0.3 is 41.5 Å². The van der Waals surface area contributed by atoms with Gasteiger partial charge in [-0.15, -0.1) is 0 Å². The summed E-state index contributed by atoms with van der Waals surface area (Å²) in [6.07, 6.45) is 0. The first kappa shape index (κ1) is 23.9. The molecule has 0 amide bonds. The Hall–Kier alpha value is -0.400. The third-order valence-electron chi connectivity index (χ3n) is 2.79. The van der Waals surface area contributed by atoms with Gasteiger partial charge in [0.2, 0.25) is 0 Å². The molecule has 22 heavy (non-hydrogen) atoms. The zero-order valence-corrected chi connectivity index (χ0v) is 17.2. The molecule has 1 aromatic carbocycles. The Morgan fingerprint density at radius 3 is 1.73 bits per heavy atom. The van der Waals surface area contributed by atoms with Crippen LogP contribution in [0.1, 0.15) is 26.3 Å². The predicted molar refractivity (Wildman–Crippen MR) is 80.7 cm³/mol. The SMILES string of the molecule is CCOC(=O)C(C)(C(=O)OCC)c1ccc(Br)cc1.C[O-].[Na+]. The van der Waals surface area contributed by atoms with E-state index in [0.717, 1.165) is 11.6 Å². The molecule has 0 aromatic heterocycles. The maximum atomic E-state index is 12.1. The van der Waals surface area contributed by atoms with Crippen molar-refractivity contribution in [1.29, 1.82) is 0 Å². The average molecular weight is 383 g/mol. The molecule has 0 N–H and O–H groups in total. The van der Waals surface area contributed by atoms with Crippen molar-refractivity contribution in [2.24, 2.45) is 0 Å². The molecule has 118 valence electrons. The summed E-state index contributed by atoms with van der Waals surface area (Å²) < 4.78 is 10.9. The van der Waals surface area contributed by atoms with E-state index in [9.17, 15) is 9.59 Å². The maximum Gasteiger partial charge on any atom is 1.00 e. The number of hydrogen-bond donors (Lipinski definition) is 0. The van der Waals surface area contributed by atoms with Crippen LogP contribution in [-0.4, -0.2) is 32.3 Å². The molecule has 0 heterocycles. The number of hydrogen-bond acceptors (Lipinski definition) is 5. The third-order valence-corrected chi connectivity index (χ3v) is 3.32. The summed E-state index contributed by atoms with van der Waals surface area (Å²) >= 11 is 3.32. The molecular weight excluding hydrogens is 363 g/mol. The van der Waals surface area contributed by atoms with Gasteiger partial charge in [-0.25, -0.2) is 0 Å². The summed E-state index contributed by atoms with van der Waals surface area (Å²) in [5.41, 5.74) is -0.889. The minimum absolute atomic E-state index is 0. The minimum Gasteiger partial charge on any atom is -0.857 e. The standard InChI is InChI=1S/C14H17BrO4.CH3O.Na/c1-4-18-12(16)14(3,13(17)19-5-2)10-6-8-11(15)9-7-10;1-2;/h6-9H,4-5H2,1-3H3;1H3;/q;-1;+1. The number of carbonyl (C=O) groups is 2. The first-order chi connectivity index (χ1) is 9.96. The van der Waals surface area contributed by atoms with Gasteiger partial charge in [-0.2, -0.15) is 7.11 Å². The fraction of sp³-hybridized carbons (Fsp3) is 0.467. The van der Waals surface area contributed by atoms with E-state index in [-0.39, 0.29) is 42.8 Å². The van der Waals surface area contributed by atoms with Crippen LogP contribution in [0.25, 0.3) is 0 Å². The van der Waals surface area contributed by atoms with Gasteiger partial charge in [0.1, 0.15) is 0 Å². The minimum atomic E-state index is -1.44. The molecule has 5 nitrogen and oxygen atoms in total. The Kier molecular flexibility index (Phi) is 13.1. The van der Waals surface area contributed by atoms with Gasteiger partial charge in [0, 0.05) is 4.47 Å². The van der Waals surface area contributed by atoms with E-state index in [0.29, 0.717) is 5.56 Å². The third kappa shape index (κ3) is 6.01. The van der Waals surface area contributed by atoms with Gasteiger partial charge in [0.25, 0.3) is 0 Å². The first-order valence-corrected chi connectivity index (χ1v) is 7.27. The second-order valence-corrected chi connectivity index (χ2v) is 4.99. The molecule has 7 heteroatoms. The second-order valence-electron chi connectivity index (χ2n) is 4.07. The first-order valence-electron chi connectivity index (χ1n) is 6.48. The van der Waals surface area contributed by atoms with Crippen LogP contribution < -0.4 is 34.7 Å². The number of carbonyl (C=O) groups excluding carboxylic acids is 2. The van der Waals surface area contributed by atoms with Crippen LogP contribution in [0.15, 0.2) is 28.7 Å². The molecule has 1 aromatic rings. The molecule has 0 bridgehead atoms. The quantitative estimate of drug-likeness (QED) is 0.363. The summed E-state index contributed by atoms with van der Waals surface area (Å²) in [6.45, 7) is 5.34. The topological polar surface area (TPSA) is 75.7 Å². The molecule has 0 saturated heterocycles. The number of ether oxygens (including phenoxy) is 2. The largest absolute Gasteiger partial charge is 1.00 e. The summed E-state index contributed by atoms with van der Waals surface area (Å²) in [7, 11) is 0.750. The van der Waals surface area contributed by atoms with Crippen molar-refractivity contribution in [3.63, 3.8) is 0 Å². The molecule has 0 aliphatic heterocycles. The van der Waals surface area contributed by atoms with Crippen LogP contribution in [0, 0.1) is 0 Å². The normalized spacial score (nSPS) is 9.73. The zero-order valence-electron chi connectivity index (χ0n) is 13.6. The smallest absolute Gasteiger partial charge is 0.857 e. The van der Waals surface area contributed by atoms with E-state index in [4.69, 9.17) is 14.6 Å². The monoisotopic (exact) mass is 382 g/mol. The summed E-state index contributed by atoms with van der Waals surface area (Å²) in [5, 5.41) is 8.25. The maximum absolute atomic E-state index is 12.1. The van der Waals surface area contributed by atoms with Crippen LogP contribution >= 0.6 is 15.9 Å². The summed E-state index contributed by atoms with van der Waals surface area (Å²) in [5.74, 6) is -1.20. The molecule has 0 unspecified atom stereocenters. The van der Waals surface area contributed by atoms with Crippen molar-refractivity contribution in [3.8, 4) is 0 Å². The van der Waals surface area contributed by atoms with Crippen molar-refractivity contribution in [2.45, 2.75) is 26.2 Å². The Bertz CT molecular complexity index is 444. The Morgan fingerprint density at radius 2 is 1.41 bits per heavy atom. The van der Waals surface area contributed by atoms with Crippen molar-refractivity contribution in [1.82, 2.24) is 0 Å². The Balaban J connectivity index is 0. The van der Waals surface area contributed by atoms with Crippen molar-refractivity contribution in [2.75, 3.05) is 20.3 Å². The number of benzene rings is 1. The summed E-state index contributed by atoms with van der Waals surface area (Å²) in [4.78, 5) is 24.3. The van der Waals surface area contributed by atoms with Crippen molar-refractivity contribution in [3.05, 3.63) is 34.3 Å². The van der Waals surface area contributed by atoms with Gasteiger partial charge in [-0.05, 0) is 38.5 Å². The molecule has 0 fully saturated rings. The number of halogens is 1. The van der Waals surface area contributed by atoms with Crippen LogP contribution in [0.4, 0.5) is 0 Å². The van der Waals surface area contributed by atoms with E-state index >= 15 is 0 Å². The van der Waals surface area contributed by atoms with Crippen molar-refractivity contribution < 1.29 is 53.7 Å². The zero-order chi connectivity index (χ0) is 16.5. The predicted octanol–water partition coefficient (Wildman–Crippen LogP) is -1.19. The molecule has 0 spiro atoms. The van der Waals surface area contributed by atoms with Crippen LogP contribution in [-0.2, 0) is 24.5 Å². The molecule has 0 aliphatic rings. The fourth-order valence-electron chi connectivity index (χ4n) is 1.65. The van der Waals surface area contributed by atoms with Crippen LogP contribution in [0.5, 0.6) is 0 Å². The van der Waals surface area contributed by atoms with Gasteiger partial charge < -0.3 is 14.6 Å². The van der Waals surface area contributed by atoms with E-state index in [2.05, 4.69) is 15.9 Å². The van der Waals surface area contributed by atoms with Gasteiger partial charge in [-0.3, -0.25) is 9.59 Å². The summed E-state index contributed by atoms with van der Waals surface area (Å²) in [6, 6.07) is 6.95. The van der Waals surface area contributed by atoms with E-state index in [1.54, 1.807) is 38.1 Å². The average Bonchev–Trinajstić information content (AvgIpc) is 2.49.